The second-order valence-electron chi connectivity index (χ2n) is 4.59. The maximum absolute atomic E-state index is 13.7. The van der Waals surface area contributed by atoms with E-state index < -0.39 is 5.82 Å². The number of rotatable bonds is 3. The van der Waals surface area contributed by atoms with Gasteiger partial charge in [0.15, 0.2) is 11.5 Å². The first kappa shape index (κ1) is 13.1. The van der Waals surface area contributed by atoms with E-state index in [4.69, 9.17) is 4.74 Å². The summed E-state index contributed by atoms with van der Waals surface area (Å²) < 4.78 is 20.3. The molecule has 3 rings (SSSR count). The molecule has 3 aromatic rings. The van der Waals surface area contributed by atoms with Gasteiger partial charge in [-0.15, -0.1) is 0 Å². The second kappa shape index (κ2) is 5.25. The summed E-state index contributed by atoms with van der Waals surface area (Å²) in [7, 11) is 1.60. The number of halogens is 1. The van der Waals surface area contributed by atoms with Gasteiger partial charge in [-0.3, -0.25) is 4.40 Å². The van der Waals surface area contributed by atoms with Crippen molar-refractivity contribution in [3.63, 3.8) is 0 Å². The highest BCUT2D eigenvalue weighted by Crippen LogP contribution is 2.19. The van der Waals surface area contributed by atoms with Crippen molar-refractivity contribution >= 4 is 5.65 Å². The number of ether oxygens (including phenoxy) is 1. The van der Waals surface area contributed by atoms with Gasteiger partial charge in [-0.05, 0) is 29.8 Å². The van der Waals surface area contributed by atoms with Crippen LogP contribution in [0.3, 0.4) is 0 Å². The first-order valence-electron chi connectivity index (χ1n) is 6.41. The molecule has 0 N–H and O–H groups in total. The summed E-state index contributed by atoms with van der Waals surface area (Å²) in [5, 5.41) is 9.30. The first-order chi connectivity index (χ1) is 10.2. The monoisotopic (exact) mass is 281 g/mol. The maximum Gasteiger partial charge on any atom is 0.174 e. The van der Waals surface area contributed by atoms with Gasteiger partial charge in [0.25, 0.3) is 0 Å². The average Bonchev–Trinajstić information content (AvgIpc) is 2.87. The molecule has 0 aliphatic carbocycles. The van der Waals surface area contributed by atoms with E-state index in [9.17, 15) is 9.65 Å². The molecule has 1 aromatic carbocycles. The van der Waals surface area contributed by atoms with E-state index in [0.717, 1.165) is 11.3 Å². The van der Waals surface area contributed by atoms with Crippen LogP contribution in [0.2, 0.25) is 0 Å². The van der Waals surface area contributed by atoms with Crippen molar-refractivity contribution in [1.29, 1.82) is 5.26 Å². The number of fused-ring (bicyclic) bond motifs is 1. The quantitative estimate of drug-likeness (QED) is 0.741. The molecular weight excluding hydrogens is 269 g/mol. The van der Waals surface area contributed by atoms with E-state index in [1.807, 2.05) is 24.3 Å². The van der Waals surface area contributed by atoms with E-state index >= 15 is 0 Å². The van der Waals surface area contributed by atoms with Crippen LogP contribution in [0.25, 0.3) is 5.65 Å². The zero-order chi connectivity index (χ0) is 14.8. The Balaban J connectivity index is 2.03. The number of pyridine rings is 1. The van der Waals surface area contributed by atoms with Crippen LogP contribution in [0.15, 0.2) is 42.6 Å². The van der Waals surface area contributed by atoms with Gasteiger partial charge in [-0.25, -0.2) is 9.37 Å². The summed E-state index contributed by atoms with van der Waals surface area (Å²) in [5.41, 5.74) is 2.08. The molecular formula is C16H12FN3O. The van der Waals surface area contributed by atoms with E-state index in [1.54, 1.807) is 19.4 Å². The summed E-state index contributed by atoms with van der Waals surface area (Å²) in [6.07, 6.45) is 2.11. The third-order valence-electron chi connectivity index (χ3n) is 3.31. The maximum atomic E-state index is 13.7. The zero-order valence-corrected chi connectivity index (χ0v) is 11.4. The van der Waals surface area contributed by atoms with Crippen molar-refractivity contribution in [2.75, 3.05) is 7.11 Å². The number of hydrogen-bond acceptors (Lipinski definition) is 3. The van der Waals surface area contributed by atoms with Crippen LogP contribution >= 0.6 is 0 Å². The lowest BCUT2D eigenvalue weighted by Gasteiger charge is -2.02. The second-order valence-corrected chi connectivity index (χ2v) is 4.59. The third-order valence-corrected chi connectivity index (χ3v) is 3.31. The molecule has 21 heavy (non-hydrogen) atoms. The Hall–Kier alpha value is -2.87. The van der Waals surface area contributed by atoms with Crippen LogP contribution in [0.5, 0.6) is 5.75 Å². The molecule has 4 nitrogen and oxygen atoms in total. The van der Waals surface area contributed by atoms with Crippen molar-refractivity contribution < 1.29 is 9.13 Å². The molecule has 0 saturated carbocycles. The van der Waals surface area contributed by atoms with Gasteiger partial charge in [-0.1, -0.05) is 12.1 Å². The Morgan fingerprint density at radius 2 is 2.05 bits per heavy atom. The van der Waals surface area contributed by atoms with Gasteiger partial charge in [0.05, 0.1) is 12.8 Å². The smallest absolute Gasteiger partial charge is 0.174 e. The first-order valence-corrected chi connectivity index (χ1v) is 6.41. The van der Waals surface area contributed by atoms with E-state index in [2.05, 4.69) is 11.1 Å². The lowest BCUT2D eigenvalue weighted by molar-refractivity contribution is 0.414. The number of nitriles is 1. The van der Waals surface area contributed by atoms with Crippen LogP contribution in [0.1, 0.15) is 17.0 Å². The van der Waals surface area contributed by atoms with Crippen molar-refractivity contribution in [2.24, 2.45) is 0 Å². The van der Waals surface area contributed by atoms with Gasteiger partial charge in [-0.2, -0.15) is 5.26 Å². The molecule has 104 valence electrons. The number of hydrogen-bond donors (Lipinski definition) is 0. The Bertz CT molecular complexity index is 831. The van der Waals surface area contributed by atoms with Crippen molar-refractivity contribution in [3.05, 3.63) is 65.4 Å². The molecule has 0 bridgehead atoms. The molecule has 0 spiro atoms. The summed E-state index contributed by atoms with van der Waals surface area (Å²) >= 11 is 0. The summed E-state index contributed by atoms with van der Waals surface area (Å²) in [6.45, 7) is 0. The number of aromatic nitrogens is 2. The van der Waals surface area contributed by atoms with Gasteiger partial charge in [0.1, 0.15) is 17.5 Å². The molecule has 0 amide bonds. The number of nitrogens with zero attached hydrogens (tertiary/aromatic N) is 3. The Kier molecular flexibility index (Phi) is 3.28. The molecule has 5 heteroatoms. The molecule has 0 aliphatic rings. The van der Waals surface area contributed by atoms with Crippen molar-refractivity contribution in [3.8, 4) is 11.8 Å². The predicted molar refractivity (Wildman–Crippen MR) is 75.7 cm³/mol. The van der Waals surface area contributed by atoms with Crippen molar-refractivity contribution in [1.82, 2.24) is 9.38 Å². The predicted octanol–water partition coefficient (Wildman–Crippen LogP) is 2.94. The zero-order valence-electron chi connectivity index (χ0n) is 11.4. The lowest BCUT2D eigenvalue weighted by Crippen LogP contribution is -1.94. The molecule has 2 aromatic heterocycles. The minimum Gasteiger partial charge on any atom is -0.497 e. The standard InChI is InChI=1S/C16H12FN3O/c1-21-12-6-4-11(5-7-12)9-14-15(10-18)20-8-2-3-13(17)16(20)19-14/h2-8H,9H2,1H3. The molecule has 0 saturated heterocycles. The van der Waals surface area contributed by atoms with Gasteiger partial charge in [0.2, 0.25) is 0 Å². The van der Waals surface area contributed by atoms with Crippen LogP contribution in [0, 0.1) is 17.1 Å². The van der Waals surface area contributed by atoms with E-state index in [0.29, 0.717) is 17.8 Å². The van der Waals surface area contributed by atoms with Crippen LogP contribution in [-0.2, 0) is 6.42 Å². The van der Waals surface area contributed by atoms with Crippen LogP contribution < -0.4 is 4.74 Å². The third kappa shape index (κ3) is 2.32. The van der Waals surface area contributed by atoms with Gasteiger partial charge >= 0.3 is 0 Å². The highest BCUT2D eigenvalue weighted by Gasteiger charge is 2.14. The van der Waals surface area contributed by atoms with Gasteiger partial charge in [0, 0.05) is 12.6 Å². The van der Waals surface area contributed by atoms with Crippen molar-refractivity contribution in [2.45, 2.75) is 6.42 Å². The Labute approximate surface area is 121 Å². The summed E-state index contributed by atoms with van der Waals surface area (Å²) in [6, 6.07) is 12.5. The number of benzene rings is 1. The molecule has 0 radical (unpaired) electrons. The fraction of sp³-hybridized carbons (Fsp3) is 0.125. The fourth-order valence-corrected chi connectivity index (χ4v) is 2.26. The minimum absolute atomic E-state index is 0.178. The molecule has 0 unspecified atom stereocenters. The molecule has 0 atom stereocenters. The highest BCUT2D eigenvalue weighted by molar-refractivity contribution is 5.49. The van der Waals surface area contributed by atoms with Gasteiger partial charge < -0.3 is 4.74 Å². The highest BCUT2D eigenvalue weighted by atomic mass is 19.1. The van der Waals surface area contributed by atoms with E-state index in [-0.39, 0.29) is 5.65 Å². The minimum atomic E-state index is -0.435. The molecule has 2 heterocycles. The fourth-order valence-electron chi connectivity index (χ4n) is 2.26. The molecule has 0 aliphatic heterocycles. The number of methoxy groups -OCH3 is 1. The Morgan fingerprint density at radius 3 is 2.71 bits per heavy atom. The molecule has 0 fully saturated rings. The van der Waals surface area contributed by atoms with E-state index in [1.165, 1.54) is 10.5 Å². The summed E-state index contributed by atoms with van der Waals surface area (Å²) in [5.74, 6) is 0.329. The lowest BCUT2D eigenvalue weighted by atomic mass is 10.1. The Morgan fingerprint density at radius 1 is 1.29 bits per heavy atom. The largest absolute Gasteiger partial charge is 0.497 e. The normalized spacial score (nSPS) is 10.5. The summed E-state index contributed by atoms with van der Waals surface area (Å²) in [4.78, 5) is 4.26. The van der Waals surface area contributed by atoms with Crippen LogP contribution in [0.4, 0.5) is 4.39 Å². The average molecular weight is 281 g/mol. The SMILES string of the molecule is COc1ccc(Cc2nc3c(F)cccn3c2C#N)cc1. The van der Waals surface area contributed by atoms with Crippen LogP contribution in [-0.4, -0.2) is 16.5 Å². The topological polar surface area (TPSA) is 50.3 Å². The number of imidazole rings is 1.